The van der Waals surface area contributed by atoms with Crippen LogP contribution in [-0.2, 0) is 13.0 Å². The molecule has 0 aliphatic carbocycles. The molecule has 0 unspecified atom stereocenters. The first-order valence-corrected chi connectivity index (χ1v) is 8.67. The summed E-state index contributed by atoms with van der Waals surface area (Å²) in [5.41, 5.74) is 4.35. The minimum absolute atomic E-state index is 0.314. The van der Waals surface area contributed by atoms with Crippen molar-refractivity contribution >= 4 is 28.3 Å². The molecule has 0 bridgehead atoms. The van der Waals surface area contributed by atoms with Gasteiger partial charge in [-0.15, -0.1) is 0 Å². The third-order valence-corrected chi connectivity index (χ3v) is 4.93. The zero-order chi connectivity index (χ0) is 17.6. The van der Waals surface area contributed by atoms with E-state index in [-0.39, 0.29) is 5.63 Å². The summed E-state index contributed by atoms with van der Waals surface area (Å²) in [7, 11) is 0. The van der Waals surface area contributed by atoms with Crippen LogP contribution in [0.3, 0.4) is 0 Å². The third kappa shape index (κ3) is 2.76. The van der Waals surface area contributed by atoms with Crippen LogP contribution in [0.4, 0.5) is 5.69 Å². The van der Waals surface area contributed by atoms with E-state index in [2.05, 4.69) is 11.0 Å². The summed E-state index contributed by atoms with van der Waals surface area (Å²) in [6, 6.07) is 11.4. The predicted molar refractivity (Wildman–Crippen MR) is 99.7 cm³/mol. The number of benzene rings is 2. The van der Waals surface area contributed by atoms with Gasteiger partial charge in [0.25, 0.3) is 0 Å². The fourth-order valence-electron chi connectivity index (χ4n) is 3.39. The van der Waals surface area contributed by atoms with Crippen molar-refractivity contribution in [2.45, 2.75) is 26.8 Å². The van der Waals surface area contributed by atoms with Crippen LogP contribution >= 0.6 is 11.6 Å². The number of hydrogen-bond acceptors (Lipinski definition) is 4. The van der Waals surface area contributed by atoms with E-state index in [9.17, 15) is 4.79 Å². The van der Waals surface area contributed by atoms with Gasteiger partial charge in [-0.3, -0.25) is 0 Å². The lowest BCUT2D eigenvalue weighted by Crippen LogP contribution is -2.32. The van der Waals surface area contributed by atoms with Gasteiger partial charge in [0, 0.05) is 39.8 Å². The molecule has 0 saturated heterocycles. The van der Waals surface area contributed by atoms with Gasteiger partial charge in [0.1, 0.15) is 11.3 Å². The average Bonchev–Trinajstić information content (AvgIpc) is 2.62. The average molecular weight is 356 g/mol. The molecule has 2 heterocycles. The smallest absolute Gasteiger partial charge is 0.336 e. The van der Waals surface area contributed by atoms with Gasteiger partial charge >= 0.3 is 5.63 Å². The topological polar surface area (TPSA) is 42.7 Å². The van der Waals surface area contributed by atoms with Crippen molar-refractivity contribution in [3.63, 3.8) is 0 Å². The molecule has 0 spiro atoms. The Bertz CT molecular complexity index is 1010. The molecule has 128 valence electrons. The number of hydrogen-bond donors (Lipinski definition) is 0. The molecule has 1 aliphatic rings. The summed E-state index contributed by atoms with van der Waals surface area (Å²) >= 11 is 5.98. The second-order valence-corrected chi connectivity index (χ2v) is 6.69. The number of aryl methyl sites for hydroxylation is 2. The van der Waals surface area contributed by atoms with Crippen LogP contribution in [0.5, 0.6) is 5.75 Å². The maximum atomic E-state index is 11.8. The normalized spacial score (nSPS) is 13.6. The maximum absolute atomic E-state index is 11.8. The minimum atomic E-state index is -0.314. The van der Waals surface area contributed by atoms with Gasteiger partial charge in [-0.25, -0.2) is 4.79 Å². The molecule has 5 heteroatoms. The highest BCUT2D eigenvalue weighted by Gasteiger charge is 2.23. The van der Waals surface area contributed by atoms with Gasteiger partial charge in [-0.2, -0.15) is 0 Å². The molecule has 0 N–H and O–H groups in total. The number of nitrogens with zero attached hydrogens (tertiary/aromatic N) is 1. The number of anilines is 1. The molecule has 0 fully saturated rings. The fourth-order valence-corrected chi connectivity index (χ4v) is 3.52. The van der Waals surface area contributed by atoms with Crippen LogP contribution in [0, 0.1) is 6.92 Å². The Hall–Kier alpha value is -2.46. The van der Waals surface area contributed by atoms with E-state index >= 15 is 0 Å². The first kappa shape index (κ1) is 16.0. The Kier molecular flexibility index (Phi) is 3.92. The van der Waals surface area contributed by atoms with Crippen molar-refractivity contribution in [1.29, 1.82) is 0 Å². The first-order valence-electron chi connectivity index (χ1n) is 8.29. The largest absolute Gasteiger partial charge is 0.472 e. The minimum Gasteiger partial charge on any atom is -0.472 e. The number of fused-ring (bicyclic) bond motifs is 2. The van der Waals surface area contributed by atoms with Crippen molar-refractivity contribution in [3.05, 3.63) is 68.5 Å². The lowest BCUT2D eigenvalue weighted by Gasteiger charge is -2.32. The summed E-state index contributed by atoms with van der Waals surface area (Å²) in [5.74, 6) is 0.814. The zero-order valence-corrected chi connectivity index (χ0v) is 14.9. The number of rotatable bonds is 2. The van der Waals surface area contributed by atoms with Gasteiger partial charge in [0.05, 0.1) is 0 Å². The lowest BCUT2D eigenvalue weighted by atomic mass is 9.99. The molecular weight excluding hydrogens is 338 g/mol. The van der Waals surface area contributed by atoms with Crippen molar-refractivity contribution < 1.29 is 9.15 Å². The van der Waals surface area contributed by atoms with Crippen LogP contribution in [0.2, 0.25) is 5.02 Å². The van der Waals surface area contributed by atoms with E-state index < -0.39 is 0 Å². The molecule has 4 rings (SSSR count). The van der Waals surface area contributed by atoms with E-state index in [0.717, 1.165) is 46.5 Å². The summed E-state index contributed by atoms with van der Waals surface area (Å²) in [6.45, 7) is 5.16. The highest BCUT2D eigenvalue weighted by Crippen LogP contribution is 2.37. The van der Waals surface area contributed by atoms with Crippen molar-refractivity contribution in [1.82, 2.24) is 0 Å². The van der Waals surface area contributed by atoms with Crippen molar-refractivity contribution in [2.75, 3.05) is 11.6 Å². The van der Waals surface area contributed by atoms with Crippen molar-refractivity contribution in [3.8, 4) is 5.75 Å². The third-order valence-electron chi connectivity index (χ3n) is 4.68. The van der Waals surface area contributed by atoms with Gasteiger partial charge in [-0.1, -0.05) is 18.5 Å². The molecule has 2 aromatic carbocycles. The lowest BCUT2D eigenvalue weighted by molar-refractivity contribution is 0.287. The Balaban J connectivity index is 1.82. The van der Waals surface area contributed by atoms with Crippen LogP contribution in [-0.4, -0.2) is 6.73 Å². The van der Waals surface area contributed by atoms with E-state index in [1.165, 1.54) is 0 Å². The molecule has 0 atom stereocenters. The molecular formula is C20H18ClNO3. The molecule has 0 saturated carbocycles. The molecule has 1 aliphatic heterocycles. The standard InChI is InChI=1S/C20H18ClNO3/c1-3-13-9-18(23)25-20-12(2)19-14(8-17(13)20)10-22(11-24-19)16-6-4-15(21)5-7-16/h4-9H,3,10-11H2,1-2H3. The Morgan fingerprint density at radius 2 is 1.96 bits per heavy atom. The van der Waals surface area contributed by atoms with Gasteiger partial charge < -0.3 is 14.1 Å². The second kappa shape index (κ2) is 6.12. The zero-order valence-electron chi connectivity index (χ0n) is 14.1. The van der Waals surface area contributed by atoms with Crippen LogP contribution in [0.1, 0.15) is 23.6 Å². The molecule has 25 heavy (non-hydrogen) atoms. The highest BCUT2D eigenvalue weighted by molar-refractivity contribution is 6.30. The molecule has 3 aromatic rings. The first-order chi connectivity index (χ1) is 12.1. The van der Waals surface area contributed by atoms with Crippen LogP contribution < -0.4 is 15.3 Å². The summed E-state index contributed by atoms with van der Waals surface area (Å²) < 4.78 is 11.5. The molecule has 0 radical (unpaired) electrons. The Morgan fingerprint density at radius 1 is 1.20 bits per heavy atom. The van der Waals surface area contributed by atoms with E-state index in [4.69, 9.17) is 20.8 Å². The molecule has 0 amide bonds. The Labute approximate surface area is 150 Å². The number of halogens is 1. The van der Waals surface area contributed by atoms with Crippen molar-refractivity contribution in [2.24, 2.45) is 0 Å². The monoisotopic (exact) mass is 355 g/mol. The Morgan fingerprint density at radius 3 is 2.68 bits per heavy atom. The fraction of sp³-hybridized carbons (Fsp3) is 0.250. The summed E-state index contributed by atoms with van der Waals surface area (Å²) in [5, 5.41) is 1.70. The predicted octanol–water partition coefficient (Wildman–Crippen LogP) is 4.67. The van der Waals surface area contributed by atoms with E-state index in [1.807, 2.05) is 38.1 Å². The summed E-state index contributed by atoms with van der Waals surface area (Å²) in [4.78, 5) is 14.0. The highest BCUT2D eigenvalue weighted by atomic mass is 35.5. The molecule has 1 aromatic heterocycles. The van der Waals surface area contributed by atoms with E-state index in [1.54, 1.807) is 6.07 Å². The van der Waals surface area contributed by atoms with E-state index in [0.29, 0.717) is 17.3 Å². The SMILES string of the molecule is CCc1cc(=O)oc2c(C)c3c(cc12)CN(c1ccc(Cl)cc1)CO3. The maximum Gasteiger partial charge on any atom is 0.336 e. The van der Waals surface area contributed by atoms with Gasteiger partial charge in [-0.05, 0) is 49.2 Å². The van der Waals surface area contributed by atoms with Gasteiger partial charge in [0.15, 0.2) is 6.73 Å². The van der Waals surface area contributed by atoms with Crippen LogP contribution in [0.15, 0.2) is 45.6 Å². The number of ether oxygens (including phenoxy) is 1. The van der Waals surface area contributed by atoms with Crippen LogP contribution in [0.25, 0.3) is 11.0 Å². The van der Waals surface area contributed by atoms with Gasteiger partial charge in [0.2, 0.25) is 0 Å². The quantitative estimate of drug-likeness (QED) is 0.626. The molecule has 4 nitrogen and oxygen atoms in total. The summed E-state index contributed by atoms with van der Waals surface area (Å²) in [6.07, 6.45) is 0.780. The second-order valence-electron chi connectivity index (χ2n) is 6.26.